The summed E-state index contributed by atoms with van der Waals surface area (Å²) in [6.07, 6.45) is 2.51. The second kappa shape index (κ2) is 7.95. The minimum absolute atomic E-state index is 0.624. The Labute approximate surface area is 130 Å². The highest BCUT2D eigenvalue weighted by Crippen LogP contribution is 2.20. The predicted octanol–water partition coefficient (Wildman–Crippen LogP) is 4.02. The molecule has 21 heavy (non-hydrogen) atoms. The number of hydrogen-bond donors (Lipinski definition) is 1. The molecule has 1 aliphatic heterocycles. The normalized spacial score (nSPS) is 23.7. The smallest absolute Gasteiger partial charge is 0.0233 e. The van der Waals surface area contributed by atoms with Gasteiger partial charge in [-0.05, 0) is 48.9 Å². The van der Waals surface area contributed by atoms with Crippen molar-refractivity contribution >= 4 is 0 Å². The van der Waals surface area contributed by atoms with Crippen molar-refractivity contribution in [1.29, 1.82) is 0 Å². The van der Waals surface area contributed by atoms with Crippen LogP contribution < -0.4 is 5.32 Å². The Kier molecular flexibility index (Phi) is 6.25. The van der Waals surface area contributed by atoms with E-state index in [4.69, 9.17) is 0 Å². The van der Waals surface area contributed by atoms with Crippen molar-refractivity contribution < 1.29 is 0 Å². The highest BCUT2D eigenvalue weighted by atomic mass is 15.1. The summed E-state index contributed by atoms with van der Waals surface area (Å²) in [4.78, 5) is 2.61. The Balaban J connectivity index is 1.84. The molecule has 1 fully saturated rings. The summed E-state index contributed by atoms with van der Waals surface area (Å²) < 4.78 is 0. The molecule has 0 spiro atoms. The summed E-state index contributed by atoms with van der Waals surface area (Å²) in [7, 11) is 0. The molecule has 2 nitrogen and oxygen atoms in total. The summed E-state index contributed by atoms with van der Waals surface area (Å²) >= 11 is 0. The molecule has 2 unspecified atom stereocenters. The van der Waals surface area contributed by atoms with Gasteiger partial charge in [0.05, 0.1) is 0 Å². The lowest BCUT2D eigenvalue weighted by atomic mass is 9.93. The van der Waals surface area contributed by atoms with E-state index in [9.17, 15) is 0 Å². The van der Waals surface area contributed by atoms with Crippen LogP contribution in [0, 0.1) is 5.92 Å². The molecule has 2 heteroatoms. The molecule has 1 saturated heterocycles. The van der Waals surface area contributed by atoms with E-state index in [0.717, 1.165) is 19.0 Å². The highest BCUT2D eigenvalue weighted by molar-refractivity contribution is 5.24. The first-order valence-electron chi connectivity index (χ1n) is 8.64. The third kappa shape index (κ3) is 4.82. The Morgan fingerprint density at radius 2 is 1.95 bits per heavy atom. The van der Waals surface area contributed by atoms with Crippen molar-refractivity contribution in [2.75, 3.05) is 19.6 Å². The summed E-state index contributed by atoms with van der Waals surface area (Å²) in [5.74, 6) is 1.37. The van der Waals surface area contributed by atoms with Crippen LogP contribution in [0.15, 0.2) is 24.3 Å². The van der Waals surface area contributed by atoms with Crippen LogP contribution in [0.1, 0.15) is 57.6 Å². The van der Waals surface area contributed by atoms with Crippen LogP contribution >= 0.6 is 0 Å². The van der Waals surface area contributed by atoms with Crippen molar-refractivity contribution in [2.24, 2.45) is 5.92 Å². The van der Waals surface area contributed by atoms with Gasteiger partial charge in [-0.1, -0.05) is 52.0 Å². The predicted molar refractivity (Wildman–Crippen MR) is 91.7 cm³/mol. The minimum atomic E-state index is 0.624. The van der Waals surface area contributed by atoms with Gasteiger partial charge in [0.15, 0.2) is 0 Å². The first kappa shape index (κ1) is 16.5. The Hall–Kier alpha value is -0.860. The molecule has 0 radical (unpaired) electrons. The van der Waals surface area contributed by atoms with Crippen LogP contribution in [0.3, 0.4) is 0 Å². The van der Waals surface area contributed by atoms with Gasteiger partial charge < -0.3 is 5.32 Å². The maximum absolute atomic E-state index is 3.70. The molecule has 0 amide bonds. The molecule has 0 bridgehead atoms. The average molecular weight is 288 g/mol. The van der Waals surface area contributed by atoms with E-state index in [1.165, 1.54) is 37.1 Å². The van der Waals surface area contributed by atoms with Gasteiger partial charge in [-0.3, -0.25) is 4.90 Å². The monoisotopic (exact) mass is 288 g/mol. The number of benzene rings is 1. The van der Waals surface area contributed by atoms with Gasteiger partial charge in [0.25, 0.3) is 0 Å². The molecular weight excluding hydrogens is 256 g/mol. The summed E-state index contributed by atoms with van der Waals surface area (Å²) in [5.41, 5.74) is 2.89. The number of piperidine rings is 1. The third-order valence-electron chi connectivity index (χ3n) is 4.70. The van der Waals surface area contributed by atoms with Crippen molar-refractivity contribution in [2.45, 2.75) is 59.0 Å². The van der Waals surface area contributed by atoms with Gasteiger partial charge in [0, 0.05) is 19.1 Å². The summed E-state index contributed by atoms with van der Waals surface area (Å²) in [6.45, 7) is 13.8. The Morgan fingerprint density at radius 1 is 1.24 bits per heavy atom. The molecule has 2 atom stereocenters. The Bertz CT molecular complexity index is 410. The second-order valence-corrected chi connectivity index (χ2v) is 6.96. The third-order valence-corrected chi connectivity index (χ3v) is 4.70. The van der Waals surface area contributed by atoms with Gasteiger partial charge in [-0.15, -0.1) is 0 Å². The first-order valence-corrected chi connectivity index (χ1v) is 8.64. The zero-order chi connectivity index (χ0) is 15.2. The van der Waals surface area contributed by atoms with E-state index in [2.05, 4.69) is 62.2 Å². The molecule has 1 heterocycles. The minimum Gasteiger partial charge on any atom is -0.314 e. The van der Waals surface area contributed by atoms with E-state index >= 15 is 0 Å². The molecule has 1 aromatic carbocycles. The molecule has 0 aliphatic carbocycles. The Morgan fingerprint density at radius 3 is 2.52 bits per heavy atom. The van der Waals surface area contributed by atoms with Crippen LogP contribution in [0.5, 0.6) is 0 Å². The topological polar surface area (TPSA) is 15.3 Å². The van der Waals surface area contributed by atoms with Crippen LogP contribution in [0.2, 0.25) is 0 Å². The maximum Gasteiger partial charge on any atom is 0.0233 e. The molecule has 1 N–H and O–H groups in total. The van der Waals surface area contributed by atoms with Crippen molar-refractivity contribution in [3.8, 4) is 0 Å². The molecule has 118 valence electrons. The fourth-order valence-corrected chi connectivity index (χ4v) is 3.27. The largest absolute Gasteiger partial charge is 0.314 e. The SMILES string of the molecule is CCCNC1CCN(Cc2ccc(C(C)C)cc2)CC1C. The highest BCUT2D eigenvalue weighted by Gasteiger charge is 2.25. The zero-order valence-corrected chi connectivity index (χ0v) is 14.2. The lowest BCUT2D eigenvalue weighted by Crippen LogP contribution is -2.48. The standard InChI is InChI=1S/C19H32N2/c1-5-11-20-19-10-12-21(13-16(19)4)14-17-6-8-18(9-7-17)15(2)3/h6-9,15-16,19-20H,5,10-14H2,1-4H3. The quantitative estimate of drug-likeness (QED) is 0.850. The van der Waals surface area contributed by atoms with Crippen LogP contribution in [-0.2, 0) is 6.54 Å². The van der Waals surface area contributed by atoms with Gasteiger partial charge in [0.2, 0.25) is 0 Å². The van der Waals surface area contributed by atoms with Crippen molar-refractivity contribution in [3.63, 3.8) is 0 Å². The van der Waals surface area contributed by atoms with E-state index < -0.39 is 0 Å². The number of hydrogen-bond acceptors (Lipinski definition) is 2. The molecule has 0 saturated carbocycles. The lowest BCUT2D eigenvalue weighted by molar-refractivity contribution is 0.141. The molecular formula is C19H32N2. The molecule has 1 aromatic rings. The fraction of sp³-hybridized carbons (Fsp3) is 0.684. The second-order valence-electron chi connectivity index (χ2n) is 6.96. The van der Waals surface area contributed by atoms with Crippen molar-refractivity contribution in [3.05, 3.63) is 35.4 Å². The number of likely N-dealkylation sites (tertiary alicyclic amines) is 1. The average Bonchev–Trinajstić information content (AvgIpc) is 2.47. The van der Waals surface area contributed by atoms with Crippen LogP contribution in [0.25, 0.3) is 0 Å². The molecule has 2 rings (SSSR count). The number of nitrogens with zero attached hydrogens (tertiary/aromatic N) is 1. The van der Waals surface area contributed by atoms with E-state index in [1.54, 1.807) is 0 Å². The number of nitrogens with one attached hydrogen (secondary N) is 1. The van der Waals surface area contributed by atoms with E-state index in [-0.39, 0.29) is 0 Å². The van der Waals surface area contributed by atoms with Crippen LogP contribution in [0.4, 0.5) is 0 Å². The van der Waals surface area contributed by atoms with Gasteiger partial charge >= 0.3 is 0 Å². The molecule has 0 aromatic heterocycles. The van der Waals surface area contributed by atoms with E-state index in [0.29, 0.717) is 12.0 Å². The molecule has 1 aliphatic rings. The summed E-state index contributed by atoms with van der Waals surface area (Å²) in [6, 6.07) is 9.91. The van der Waals surface area contributed by atoms with E-state index in [1.807, 2.05) is 0 Å². The maximum atomic E-state index is 3.70. The fourth-order valence-electron chi connectivity index (χ4n) is 3.27. The van der Waals surface area contributed by atoms with Crippen molar-refractivity contribution in [1.82, 2.24) is 10.2 Å². The van der Waals surface area contributed by atoms with Gasteiger partial charge in [-0.25, -0.2) is 0 Å². The van der Waals surface area contributed by atoms with Gasteiger partial charge in [-0.2, -0.15) is 0 Å². The summed E-state index contributed by atoms with van der Waals surface area (Å²) in [5, 5.41) is 3.70. The first-order chi connectivity index (χ1) is 10.1. The van der Waals surface area contributed by atoms with Crippen LogP contribution in [-0.4, -0.2) is 30.6 Å². The number of rotatable bonds is 6. The lowest BCUT2D eigenvalue weighted by Gasteiger charge is -2.37. The van der Waals surface area contributed by atoms with Gasteiger partial charge in [0.1, 0.15) is 0 Å². The zero-order valence-electron chi connectivity index (χ0n) is 14.2.